The molecule has 1 aliphatic rings. The van der Waals surface area contributed by atoms with Crippen molar-refractivity contribution in [3.05, 3.63) is 58.3 Å². The summed E-state index contributed by atoms with van der Waals surface area (Å²) in [5, 5.41) is 5.33. The molecule has 0 radical (unpaired) electrons. The lowest BCUT2D eigenvalue weighted by molar-refractivity contribution is -0.116. The Kier molecular flexibility index (Phi) is 6.69. The Morgan fingerprint density at radius 1 is 1.37 bits per heavy atom. The summed E-state index contributed by atoms with van der Waals surface area (Å²) < 4.78 is 12.6. The summed E-state index contributed by atoms with van der Waals surface area (Å²) >= 11 is 7.68. The molecule has 1 amide bonds. The minimum absolute atomic E-state index is 0.0549. The van der Waals surface area contributed by atoms with Gasteiger partial charge in [-0.1, -0.05) is 23.7 Å². The molecule has 0 aliphatic carbocycles. The van der Waals surface area contributed by atoms with Gasteiger partial charge >= 0.3 is 0 Å². The molecule has 4 rings (SSSR count). The number of fused-ring (bicyclic) bond motifs is 1. The Labute approximate surface area is 183 Å². The number of carbonyl (C=O) groups is 1. The highest BCUT2D eigenvalue weighted by Crippen LogP contribution is 2.24. The van der Waals surface area contributed by atoms with Crippen LogP contribution >= 0.6 is 22.9 Å². The zero-order valence-corrected chi connectivity index (χ0v) is 18.2. The lowest BCUT2D eigenvalue weighted by Gasteiger charge is -2.34. The number of carbonyl (C=O) groups excluding carboxylic acids is 1. The number of amides is 1. The Hall–Kier alpha value is -2.39. The summed E-state index contributed by atoms with van der Waals surface area (Å²) in [6, 6.07) is 8.02. The number of methoxy groups -OCH3 is 1. The maximum atomic E-state index is 12.5. The van der Waals surface area contributed by atoms with E-state index >= 15 is 0 Å². The van der Waals surface area contributed by atoms with Crippen LogP contribution in [0.15, 0.2) is 41.9 Å². The van der Waals surface area contributed by atoms with Gasteiger partial charge in [-0.15, -0.1) is 11.3 Å². The third-order valence-corrected chi connectivity index (χ3v) is 6.14. The van der Waals surface area contributed by atoms with E-state index in [0.717, 1.165) is 29.4 Å². The van der Waals surface area contributed by atoms with Crippen LogP contribution in [0.3, 0.4) is 0 Å². The van der Waals surface area contributed by atoms with Gasteiger partial charge in [-0.05, 0) is 23.8 Å². The number of morpholine rings is 1. The third kappa shape index (κ3) is 4.67. The van der Waals surface area contributed by atoms with Crippen LogP contribution < -0.4 is 10.1 Å². The number of rotatable bonds is 7. The first-order valence-electron chi connectivity index (χ1n) is 9.68. The number of aromatic nitrogens is 2. The van der Waals surface area contributed by atoms with Crippen LogP contribution in [0, 0.1) is 0 Å². The molecule has 1 fully saturated rings. The number of imidazole rings is 1. The van der Waals surface area contributed by atoms with Crippen LogP contribution in [0.2, 0.25) is 5.15 Å². The van der Waals surface area contributed by atoms with Crippen LogP contribution in [-0.2, 0) is 9.53 Å². The van der Waals surface area contributed by atoms with E-state index < -0.39 is 0 Å². The second-order valence-corrected chi connectivity index (χ2v) is 8.09. The lowest BCUT2D eigenvalue weighted by atomic mass is 10.0. The molecule has 2 aromatic heterocycles. The highest BCUT2D eigenvalue weighted by atomic mass is 35.5. The first-order chi connectivity index (χ1) is 14.7. The van der Waals surface area contributed by atoms with Gasteiger partial charge in [-0.2, -0.15) is 0 Å². The van der Waals surface area contributed by atoms with Crippen molar-refractivity contribution in [3.63, 3.8) is 0 Å². The van der Waals surface area contributed by atoms with E-state index in [1.807, 2.05) is 40.2 Å². The largest absolute Gasteiger partial charge is 0.497 e. The van der Waals surface area contributed by atoms with Gasteiger partial charge in [0.05, 0.1) is 32.1 Å². The summed E-state index contributed by atoms with van der Waals surface area (Å²) in [6.07, 6.45) is 5.08. The molecule has 1 atom stereocenters. The maximum Gasteiger partial charge on any atom is 0.244 e. The van der Waals surface area contributed by atoms with Gasteiger partial charge < -0.3 is 14.8 Å². The second-order valence-electron chi connectivity index (χ2n) is 6.86. The highest BCUT2D eigenvalue weighted by molar-refractivity contribution is 7.15. The maximum absolute atomic E-state index is 12.5. The molecule has 3 aromatic rings. The van der Waals surface area contributed by atoms with Crippen molar-refractivity contribution in [2.24, 2.45) is 0 Å². The Morgan fingerprint density at radius 3 is 2.87 bits per heavy atom. The van der Waals surface area contributed by atoms with Gasteiger partial charge in [0.15, 0.2) is 10.1 Å². The summed E-state index contributed by atoms with van der Waals surface area (Å²) in [4.78, 5) is 19.9. The standard InChI is InChI=1S/C21H23ClN4O3S/c1-28-16-4-2-15(3-5-16)18(25-8-11-29-12-9-25)14-23-19(27)7-6-17-20(22)24-21-26(17)10-13-30-21/h2-7,10,13,18H,8-9,11-12,14H2,1H3,(H,23,27)/b7-6+. The number of ether oxygens (including phenoxy) is 2. The van der Waals surface area contributed by atoms with E-state index in [4.69, 9.17) is 21.1 Å². The molecule has 1 N–H and O–H groups in total. The highest BCUT2D eigenvalue weighted by Gasteiger charge is 2.23. The predicted octanol–water partition coefficient (Wildman–Crippen LogP) is 3.26. The van der Waals surface area contributed by atoms with E-state index in [2.05, 4.69) is 15.2 Å². The molecule has 3 heterocycles. The van der Waals surface area contributed by atoms with Crippen LogP contribution in [0.1, 0.15) is 17.3 Å². The molecule has 1 unspecified atom stereocenters. The van der Waals surface area contributed by atoms with Crippen molar-refractivity contribution in [1.82, 2.24) is 19.6 Å². The molecule has 9 heteroatoms. The minimum atomic E-state index is -0.178. The molecule has 158 valence electrons. The third-order valence-electron chi connectivity index (χ3n) is 5.10. The van der Waals surface area contributed by atoms with Gasteiger partial charge in [0.2, 0.25) is 5.91 Å². The first-order valence-corrected chi connectivity index (χ1v) is 10.9. The number of hydrogen-bond acceptors (Lipinski definition) is 6. The van der Waals surface area contributed by atoms with Gasteiger partial charge in [0, 0.05) is 37.3 Å². The van der Waals surface area contributed by atoms with Crippen molar-refractivity contribution in [1.29, 1.82) is 0 Å². The average molecular weight is 447 g/mol. The number of thiazole rings is 1. The number of nitrogens with one attached hydrogen (secondary N) is 1. The quantitative estimate of drug-likeness (QED) is 0.564. The van der Waals surface area contributed by atoms with Gasteiger partial charge in [0.1, 0.15) is 5.75 Å². The van der Waals surface area contributed by atoms with E-state index in [-0.39, 0.29) is 11.9 Å². The fraction of sp³-hybridized carbons (Fsp3) is 0.333. The molecule has 0 bridgehead atoms. The zero-order chi connectivity index (χ0) is 20.9. The Balaban J connectivity index is 1.45. The van der Waals surface area contributed by atoms with Gasteiger partial charge in [0.25, 0.3) is 0 Å². The van der Waals surface area contributed by atoms with Crippen LogP contribution in [0.4, 0.5) is 0 Å². The van der Waals surface area contributed by atoms with Gasteiger partial charge in [-0.3, -0.25) is 14.1 Å². The molecular formula is C21H23ClN4O3S. The molecule has 1 saturated heterocycles. The fourth-order valence-electron chi connectivity index (χ4n) is 3.51. The van der Waals surface area contributed by atoms with Crippen LogP contribution in [-0.4, -0.2) is 60.1 Å². The molecule has 30 heavy (non-hydrogen) atoms. The monoisotopic (exact) mass is 446 g/mol. The molecule has 0 spiro atoms. The second kappa shape index (κ2) is 9.61. The summed E-state index contributed by atoms with van der Waals surface area (Å²) in [6.45, 7) is 3.52. The van der Waals surface area contributed by atoms with Crippen LogP contribution in [0.5, 0.6) is 5.75 Å². The van der Waals surface area contributed by atoms with Crippen molar-refractivity contribution in [3.8, 4) is 5.75 Å². The summed E-state index contributed by atoms with van der Waals surface area (Å²) in [5.74, 6) is 0.631. The number of nitrogens with zero attached hydrogens (tertiary/aromatic N) is 3. The molecular weight excluding hydrogens is 424 g/mol. The number of benzene rings is 1. The van der Waals surface area contributed by atoms with Crippen LogP contribution in [0.25, 0.3) is 11.0 Å². The lowest BCUT2D eigenvalue weighted by Crippen LogP contribution is -2.43. The van der Waals surface area contributed by atoms with E-state index in [9.17, 15) is 4.79 Å². The van der Waals surface area contributed by atoms with E-state index in [1.165, 1.54) is 17.4 Å². The summed E-state index contributed by atoms with van der Waals surface area (Å²) in [5.41, 5.74) is 1.82. The van der Waals surface area contributed by atoms with Crippen molar-refractivity contribution >= 4 is 39.9 Å². The van der Waals surface area contributed by atoms with Crippen molar-refractivity contribution in [2.45, 2.75) is 6.04 Å². The van der Waals surface area contributed by atoms with E-state index in [1.54, 1.807) is 13.2 Å². The average Bonchev–Trinajstić information content (AvgIpc) is 3.34. The molecule has 1 aliphatic heterocycles. The number of halogens is 1. The fourth-order valence-corrected chi connectivity index (χ4v) is 4.52. The minimum Gasteiger partial charge on any atom is -0.497 e. The van der Waals surface area contributed by atoms with Gasteiger partial charge in [-0.25, -0.2) is 4.98 Å². The van der Waals surface area contributed by atoms with E-state index in [0.29, 0.717) is 30.6 Å². The molecule has 1 aromatic carbocycles. The topological polar surface area (TPSA) is 68.1 Å². The first kappa shape index (κ1) is 20.9. The normalized spacial score (nSPS) is 16.2. The summed E-state index contributed by atoms with van der Waals surface area (Å²) in [7, 11) is 1.65. The predicted molar refractivity (Wildman–Crippen MR) is 118 cm³/mol. The SMILES string of the molecule is COc1ccc(C(CNC(=O)/C=C/c2c(Cl)nc3sccn23)N2CCOCC2)cc1. The smallest absolute Gasteiger partial charge is 0.244 e. The Morgan fingerprint density at radius 2 is 2.13 bits per heavy atom. The van der Waals surface area contributed by atoms with Crippen molar-refractivity contribution in [2.75, 3.05) is 40.0 Å². The van der Waals surface area contributed by atoms with Crippen molar-refractivity contribution < 1.29 is 14.3 Å². The molecule has 7 nitrogen and oxygen atoms in total. The number of hydrogen-bond donors (Lipinski definition) is 1. The molecule has 0 saturated carbocycles. The Bertz CT molecular complexity index is 1020. The zero-order valence-electron chi connectivity index (χ0n) is 16.6.